The van der Waals surface area contributed by atoms with Gasteiger partial charge in [-0.1, -0.05) is 42.5 Å². The van der Waals surface area contributed by atoms with Gasteiger partial charge in [0.25, 0.3) is 5.91 Å². The molecule has 0 bridgehead atoms. The lowest BCUT2D eigenvalue weighted by Crippen LogP contribution is -2.49. The van der Waals surface area contributed by atoms with Crippen LogP contribution >= 0.6 is 0 Å². The Morgan fingerprint density at radius 3 is 2.33 bits per heavy atom. The molecule has 1 N–H and O–H groups in total. The van der Waals surface area contributed by atoms with E-state index in [0.29, 0.717) is 5.56 Å². The monoisotopic (exact) mass is 406 g/mol. The summed E-state index contributed by atoms with van der Waals surface area (Å²) in [6, 6.07) is 18.2. The minimum absolute atomic E-state index is 0.0293. The third-order valence-corrected chi connectivity index (χ3v) is 5.92. The molecule has 0 aliphatic carbocycles. The summed E-state index contributed by atoms with van der Waals surface area (Å²) in [4.78, 5) is 25.1. The van der Waals surface area contributed by atoms with Crippen molar-refractivity contribution in [1.29, 1.82) is 0 Å². The summed E-state index contributed by atoms with van der Waals surface area (Å²) in [6.45, 7) is 5.07. The van der Waals surface area contributed by atoms with Gasteiger partial charge in [0.2, 0.25) is 0 Å². The number of nitrogens with one attached hydrogen (secondary N) is 1. The van der Waals surface area contributed by atoms with Crippen LogP contribution in [-0.4, -0.2) is 73.5 Å². The number of hydroxylamine groups is 1. The third kappa shape index (κ3) is 4.73. The van der Waals surface area contributed by atoms with E-state index in [2.05, 4.69) is 34.5 Å². The van der Waals surface area contributed by atoms with Crippen LogP contribution in [-0.2, 0) is 4.84 Å². The maximum atomic E-state index is 13.3. The van der Waals surface area contributed by atoms with Gasteiger partial charge in [0.05, 0.1) is 18.8 Å². The topological polar surface area (TPSA) is 48.1 Å². The summed E-state index contributed by atoms with van der Waals surface area (Å²) in [5.41, 5.74) is 6.83. The highest BCUT2D eigenvalue weighted by Crippen LogP contribution is 2.25. The van der Waals surface area contributed by atoms with E-state index in [4.69, 9.17) is 4.84 Å². The Balaban J connectivity index is 1.49. The van der Waals surface area contributed by atoms with E-state index in [9.17, 15) is 4.79 Å². The quantitative estimate of drug-likeness (QED) is 0.748. The van der Waals surface area contributed by atoms with Crippen molar-refractivity contribution in [2.45, 2.75) is 12.5 Å². The Hall–Kier alpha value is -2.67. The van der Waals surface area contributed by atoms with Gasteiger partial charge in [0, 0.05) is 50.9 Å². The van der Waals surface area contributed by atoms with Gasteiger partial charge in [-0.2, -0.15) is 0 Å². The molecule has 6 heteroatoms. The Morgan fingerprint density at radius 1 is 1.00 bits per heavy atom. The molecule has 2 aromatic rings. The zero-order valence-corrected chi connectivity index (χ0v) is 17.8. The summed E-state index contributed by atoms with van der Waals surface area (Å²) in [5.74, 6) is 0.0293. The summed E-state index contributed by atoms with van der Waals surface area (Å²) in [6.07, 6.45) is 2.67. The molecule has 1 amide bonds. The number of hydrogen-bond donors (Lipinski definition) is 1. The fourth-order valence-corrected chi connectivity index (χ4v) is 4.17. The predicted molar refractivity (Wildman–Crippen MR) is 119 cm³/mol. The van der Waals surface area contributed by atoms with Crippen LogP contribution in [0.2, 0.25) is 0 Å². The molecule has 2 heterocycles. The standard InChI is InChI=1S/C24H30N4O2/c1-26-12-14-27(15-13-26)18-23-16-22(25-30-2)17-28(23)24(29)21-10-8-20(9-11-21)19-6-4-3-5-7-19/h3-11,17,23,25H,12-16,18H2,1-2H3. The van der Waals surface area contributed by atoms with E-state index < -0.39 is 0 Å². The number of amides is 1. The molecule has 1 atom stereocenters. The molecule has 4 rings (SSSR count). The van der Waals surface area contributed by atoms with Crippen LogP contribution in [0.4, 0.5) is 0 Å². The summed E-state index contributed by atoms with van der Waals surface area (Å²) in [7, 11) is 3.76. The first-order valence-corrected chi connectivity index (χ1v) is 10.5. The molecule has 2 aliphatic heterocycles. The van der Waals surface area contributed by atoms with Crippen LogP contribution in [0, 0.1) is 0 Å². The van der Waals surface area contributed by atoms with Gasteiger partial charge in [-0.3, -0.25) is 20.0 Å². The number of carbonyl (C=O) groups is 1. The molecule has 0 saturated carbocycles. The number of nitrogens with zero attached hydrogens (tertiary/aromatic N) is 3. The molecule has 0 radical (unpaired) electrons. The van der Waals surface area contributed by atoms with Crippen molar-refractivity contribution in [3.63, 3.8) is 0 Å². The lowest BCUT2D eigenvalue weighted by molar-refractivity contribution is 0.0717. The zero-order chi connectivity index (χ0) is 20.9. The molecule has 1 saturated heterocycles. The SMILES string of the molecule is CONC1=CN(C(=O)c2ccc(-c3ccccc3)cc2)C(CN2CCN(C)CC2)C1. The number of likely N-dealkylation sites (N-methyl/N-ethyl adjacent to an activating group) is 1. The lowest BCUT2D eigenvalue weighted by Gasteiger charge is -2.35. The van der Waals surface area contributed by atoms with Crippen LogP contribution in [0.1, 0.15) is 16.8 Å². The molecule has 0 aromatic heterocycles. The molecule has 2 aromatic carbocycles. The first kappa shape index (κ1) is 20.6. The number of rotatable bonds is 6. The van der Waals surface area contributed by atoms with Crippen molar-refractivity contribution in [2.75, 3.05) is 46.9 Å². The van der Waals surface area contributed by atoms with E-state index in [0.717, 1.165) is 56.0 Å². The maximum Gasteiger partial charge on any atom is 0.258 e. The lowest BCUT2D eigenvalue weighted by atomic mass is 10.0. The normalized spacial score (nSPS) is 20.3. The van der Waals surface area contributed by atoms with Gasteiger partial charge < -0.3 is 9.80 Å². The Bertz CT molecular complexity index is 874. The average Bonchev–Trinajstić information content (AvgIpc) is 3.18. The van der Waals surface area contributed by atoms with E-state index in [-0.39, 0.29) is 11.9 Å². The van der Waals surface area contributed by atoms with E-state index in [1.54, 1.807) is 7.11 Å². The van der Waals surface area contributed by atoms with E-state index >= 15 is 0 Å². The second-order valence-electron chi connectivity index (χ2n) is 8.08. The summed E-state index contributed by atoms with van der Waals surface area (Å²) in [5, 5.41) is 0. The predicted octanol–water partition coefficient (Wildman–Crippen LogP) is 2.81. The van der Waals surface area contributed by atoms with Gasteiger partial charge in [0.1, 0.15) is 0 Å². The van der Waals surface area contributed by atoms with Crippen LogP contribution in [0.3, 0.4) is 0 Å². The Kier molecular flexibility index (Phi) is 6.47. The Labute approximate surface area is 178 Å². The molecule has 0 spiro atoms. The van der Waals surface area contributed by atoms with Crippen LogP contribution < -0.4 is 5.48 Å². The molecule has 6 nitrogen and oxygen atoms in total. The third-order valence-electron chi connectivity index (χ3n) is 5.92. The van der Waals surface area contributed by atoms with Gasteiger partial charge >= 0.3 is 0 Å². The smallest absolute Gasteiger partial charge is 0.258 e. The molecular weight excluding hydrogens is 376 g/mol. The minimum Gasteiger partial charge on any atom is -0.308 e. The van der Waals surface area contributed by atoms with Crippen molar-refractivity contribution >= 4 is 5.91 Å². The van der Waals surface area contributed by atoms with Crippen LogP contribution in [0.15, 0.2) is 66.5 Å². The largest absolute Gasteiger partial charge is 0.308 e. The number of benzene rings is 2. The molecule has 1 unspecified atom stereocenters. The van der Waals surface area contributed by atoms with Gasteiger partial charge in [0.15, 0.2) is 0 Å². The Morgan fingerprint density at radius 2 is 1.67 bits per heavy atom. The van der Waals surface area contributed by atoms with Crippen molar-refractivity contribution in [3.05, 3.63) is 72.1 Å². The van der Waals surface area contributed by atoms with Crippen LogP contribution in [0.25, 0.3) is 11.1 Å². The second kappa shape index (κ2) is 9.43. The molecule has 1 fully saturated rings. The molecule has 2 aliphatic rings. The first-order valence-electron chi connectivity index (χ1n) is 10.5. The van der Waals surface area contributed by atoms with E-state index in [1.807, 2.05) is 53.6 Å². The van der Waals surface area contributed by atoms with Gasteiger partial charge in [-0.15, -0.1) is 0 Å². The number of carbonyl (C=O) groups excluding carboxylic acids is 1. The highest BCUT2D eigenvalue weighted by atomic mass is 16.6. The highest BCUT2D eigenvalue weighted by molar-refractivity contribution is 5.96. The summed E-state index contributed by atoms with van der Waals surface area (Å²) < 4.78 is 0. The van der Waals surface area contributed by atoms with Crippen LogP contribution in [0.5, 0.6) is 0 Å². The van der Waals surface area contributed by atoms with Crippen molar-refractivity contribution in [1.82, 2.24) is 20.2 Å². The first-order chi connectivity index (χ1) is 14.6. The average molecular weight is 407 g/mol. The highest BCUT2D eigenvalue weighted by Gasteiger charge is 2.32. The van der Waals surface area contributed by atoms with Crippen molar-refractivity contribution < 1.29 is 9.63 Å². The second-order valence-corrected chi connectivity index (χ2v) is 8.08. The number of piperazine rings is 1. The maximum absolute atomic E-state index is 13.3. The number of hydrogen-bond acceptors (Lipinski definition) is 5. The molecule has 158 valence electrons. The van der Waals surface area contributed by atoms with Gasteiger partial charge in [-0.05, 0) is 30.3 Å². The fraction of sp³-hybridized carbons (Fsp3) is 0.375. The zero-order valence-electron chi connectivity index (χ0n) is 17.8. The van der Waals surface area contributed by atoms with Crippen molar-refractivity contribution in [2.24, 2.45) is 0 Å². The van der Waals surface area contributed by atoms with Gasteiger partial charge in [-0.25, -0.2) is 0 Å². The summed E-state index contributed by atoms with van der Waals surface area (Å²) >= 11 is 0. The van der Waals surface area contributed by atoms with Crippen molar-refractivity contribution in [3.8, 4) is 11.1 Å². The van der Waals surface area contributed by atoms with E-state index in [1.165, 1.54) is 0 Å². The fourth-order valence-electron chi connectivity index (χ4n) is 4.17. The molecule has 30 heavy (non-hydrogen) atoms. The minimum atomic E-state index is 0.0293. The molecular formula is C24H30N4O2.